The second kappa shape index (κ2) is 11.3. The lowest BCUT2D eigenvalue weighted by molar-refractivity contribution is 1.22. The van der Waals surface area contributed by atoms with Crippen molar-refractivity contribution in [2.75, 3.05) is 5.32 Å². The Balaban J connectivity index is 1.22. The third kappa shape index (κ3) is 5.92. The summed E-state index contributed by atoms with van der Waals surface area (Å²) in [4.78, 5) is 13.9. The summed E-state index contributed by atoms with van der Waals surface area (Å²) in [6.07, 6.45) is 3.56. The van der Waals surface area contributed by atoms with Gasteiger partial charge in [0.25, 0.3) is 0 Å². The maximum absolute atomic E-state index is 4.86. The molecule has 3 aromatic heterocycles. The van der Waals surface area contributed by atoms with Gasteiger partial charge >= 0.3 is 0 Å². The maximum Gasteiger partial charge on any atom is 0.0900 e. The van der Waals surface area contributed by atoms with E-state index in [9.17, 15) is 0 Å². The van der Waals surface area contributed by atoms with Crippen molar-refractivity contribution in [2.24, 2.45) is 10.2 Å². The molecular weight excluding hydrogens is 480 g/mol. The quantitative estimate of drug-likeness (QED) is 0.220. The smallest absolute Gasteiger partial charge is 0.0900 e. The minimum Gasteiger partial charge on any atom is -0.356 e. The highest BCUT2D eigenvalue weighted by molar-refractivity contribution is 5.76. The van der Waals surface area contributed by atoms with Crippen LogP contribution in [0.5, 0.6) is 0 Å². The van der Waals surface area contributed by atoms with Crippen LogP contribution in [-0.2, 0) is 0 Å². The number of aromatic nitrogens is 3. The zero-order chi connectivity index (χ0) is 26.3. The van der Waals surface area contributed by atoms with Crippen LogP contribution in [0.15, 0.2) is 150 Å². The van der Waals surface area contributed by atoms with Crippen molar-refractivity contribution in [3.8, 4) is 33.9 Å². The molecule has 39 heavy (non-hydrogen) atoms. The number of hydrogen-bond acceptors (Lipinski definition) is 6. The van der Waals surface area contributed by atoms with E-state index in [-0.39, 0.29) is 0 Å². The van der Waals surface area contributed by atoms with Crippen LogP contribution in [0.4, 0.5) is 22.7 Å². The number of anilines is 2. The molecule has 0 spiro atoms. The largest absolute Gasteiger partial charge is 0.356 e. The Bertz CT molecular complexity index is 1630. The minimum absolute atomic E-state index is 0.796. The molecular formula is C33H24N6. The number of nitrogens with one attached hydrogen (secondary N) is 1. The summed E-state index contributed by atoms with van der Waals surface area (Å²) >= 11 is 0. The molecule has 0 saturated heterocycles. The van der Waals surface area contributed by atoms with E-state index in [4.69, 9.17) is 4.98 Å². The van der Waals surface area contributed by atoms with Gasteiger partial charge in [-0.25, -0.2) is 4.98 Å². The Morgan fingerprint density at radius 1 is 0.436 bits per heavy atom. The molecule has 0 amide bonds. The fraction of sp³-hybridized carbons (Fsp3) is 0. The molecule has 3 heterocycles. The van der Waals surface area contributed by atoms with Crippen molar-refractivity contribution >= 4 is 22.7 Å². The molecule has 6 rings (SSSR count). The van der Waals surface area contributed by atoms with Gasteiger partial charge < -0.3 is 5.32 Å². The lowest BCUT2D eigenvalue weighted by Crippen LogP contribution is -1.94. The van der Waals surface area contributed by atoms with Crippen LogP contribution in [0.3, 0.4) is 0 Å². The van der Waals surface area contributed by atoms with Crippen molar-refractivity contribution in [1.29, 1.82) is 0 Å². The normalized spacial score (nSPS) is 11.0. The average molecular weight is 505 g/mol. The molecule has 1 N–H and O–H groups in total. The van der Waals surface area contributed by atoms with Crippen molar-refractivity contribution in [1.82, 2.24) is 15.0 Å². The lowest BCUT2D eigenvalue weighted by Gasteiger charge is -2.11. The number of nitrogens with zero attached hydrogens (tertiary/aromatic N) is 5. The molecule has 0 aliphatic rings. The summed E-state index contributed by atoms with van der Waals surface area (Å²) in [5, 5.41) is 12.0. The van der Waals surface area contributed by atoms with E-state index in [1.807, 2.05) is 91.0 Å². The highest BCUT2D eigenvalue weighted by atomic mass is 15.1. The van der Waals surface area contributed by atoms with Crippen molar-refractivity contribution in [2.45, 2.75) is 0 Å². The van der Waals surface area contributed by atoms with Crippen LogP contribution in [0.2, 0.25) is 0 Å². The monoisotopic (exact) mass is 504 g/mol. The molecule has 6 heteroatoms. The molecule has 6 nitrogen and oxygen atoms in total. The van der Waals surface area contributed by atoms with Gasteiger partial charge in [0.1, 0.15) is 0 Å². The molecule has 0 bridgehead atoms. The van der Waals surface area contributed by atoms with Crippen molar-refractivity contribution < 1.29 is 0 Å². The number of pyridine rings is 3. The molecule has 0 fully saturated rings. The van der Waals surface area contributed by atoms with E-state index in [1.54, 1.807) is 12.4 Å². The summed E-state index contributed by atoms with van der Waals surface area (Å²) < 4.78 is 0. The highest BCUT2D eigenvalue weighted by Gasteiger charge is 2.10. The average Bonchev–Trinajstić information content (AvgIpc) is 3.02. The summed E-state index contributed by atoms with van der Waals surface area (Å²) in [7, 11) is 0. The van der Waals surface area contributed by atoms with Crippen LogP contribution in [-0.4, -0.2) is 15.0 Å². The molecule has 6 aromatic rings. The molecule has 0 atom stereocenters. The van der Waals surface area contributed by atoms with E-state index in [1.165, 1.54) is 0 Å². The number of azo groups is 1. The Hall–Kier alpha value is -5.49. The van der Waals surface area contributed by atoms with Crippen LogP contribution in [0.25, 0.3) is 33.9 Å². The van der Waals surface area contributed by atoms with E-state index in [0.29, 0.717) is 0 Å². The van der Waals surface area contributed by atoms with E-state index >= 15 is 0 Å². The Morgan fingerprint density at radius 3 is 1.49 bits per heavy atom. The van der Waals surface area contributed by atoms with Crippen molar-refractivity contribution in [3.63, 3.8) is 0 Å². The van der Waals surface area contributed by atoms with E-state index in [2.05, 4.69) is 61.9 Å². The fourth-order valence-corrected chi connectivity index (χ4v) is 4.12. The van der Waals surface area contributed by atoms with E-state index in [0.717, 1.165) is 56.7 Å². The molecule has 0 aliphatic heterocycles. The van der Waals surface area contributed by atoms with Gasteiger partial charge in [0.05, 0.1) is 34.2 Å². The summed E-state index contributed by atoms with van der Waals surface area (Å²) in [6.45, 7) is 0. The first kappa shape index (κ1) is 23.9. The van der Waals surface area contributed by atoms with Crippen LogP contribution in [0, 0.1) is 0 Å². The van der Waals surface area contributed by atoms with Crippen LogP contribution >= 0.6 is 0 Å². The van der Waals surface area contributed by atoms with Crippen LogP contribution in [0.1, 0.15) is 0 Å². The maximum atomic E-state index is 4.86. The van der Waals surface area contributed by atoms with Crippen molar-refractivity contribution in [3.05, 3.63) is 140 Å². The fourth-order valence-electron chi connectivity index (χ4n) is 4.12. The van der Waals surface area contributed by atoms with Gasteiger partial charge in [-0.2, -0.15) is 10.2 Å². The third-order valence-corrected chi connectivity index (χ3v) is 6.09. The molecule has 186 valence electrons. The van der Waals surface area contributed by atoms with Gasteiger partial charge in [0.2, 0.25) is 0 Å². The molecule has 0 saturated carbocycles. The summed E-state index contributed by atoms with van der Waals surface area (Å²) in [6, 6.07) is 41.7. The second-order valence-electron chi connectivity index (χ2n) is 8.84. The zero-order valence-corrected chi connectivity index (χ0v) is 21.0. The Morgan fingerprint density at radius 2 is 0.949 bits per heavy atom. The predicted molar refractivity (Wildman–Crippen MR) is 156 cm³/mol. The van der Waals surface area contributed by atoms with E-state index < -0.39 is 0 Å². The predicted octanol–water partition coefficient (Wildman–Crippen LogP) is 9.03. The molecule has 0 unspecified atom stereocenters. The summed E-state index contributed by atoms with van der Waals surface area (Å²) in [5.74, 6) is 0. The standard InChI is InChI=1S/C33H24N6/c1-2-8-28(9-3-1)38-39-29-18-16-27(17-19-29)36-26-14-12-24(13-15-26)25-22-32(30-10-4-6-20-34-30)37-33(23-25)31-11-5-7-21-35-31/h1-23,36H. The first-order valence-corrected chi connectivity index (χ1v) is 12.6. The minimum atomic E-state index is 0.796. The second-order valence-corrected chi connectivity index (χ2v) is 8.84. The Kier molecular flexibility index (Phi) is 6.90. The van der Waals surface area contributed by atoms with Gasteiger partial charge in [0, 0.05) is 23.8 Å². The van der Waals surface area contributed by atoms with Gasteiger partial charge in [-0.05, 0) is 96.1 Å². The topological polar surface area (TPSA) is 75.4 Å². The SMILES string of the molecule is c1ccc(N=Nc2ccc(Nc3ccc(-c4cc(-c5ccccn5)nc(-c5ccccn5)c4)cc3)cc2)cc1. The van der Waals surface area contributed by atoms with Gasteiger partial charge in [-0.3, -0.25) is 9.97 Å². The van der Waals surface area contributed by atoms with Crippen LogP contribution < -0.4 is 5.32 Å². The Labute approximate surface area is 226 Å². The number of rotatable bonds is 7. The third-order valence-electron chi connectivity index (χ3n) is 6.09. The van der Waals surface area contributed by atoms with Gasteiger partial charge in [-0.15, -0.1) is 0 Å². The lowest BCUT2D eigenvalue weighted by atomic mass is 10.0. The first-order chi connectivity index (χ1) is 19.3. The zero-order valence-electron chi connectivity index (χ0n) is 21.0. The van der Waals surface area contributed by atoms with Gasteiger partial charge in [-0.1, -0.05) is 42.5 Å². The van der Waals surface area contributed by atoms with Gasteiger partial charge in [0.15, 0.2) is 0 Å². The molecule has 3 aromatic carbocycles. The number of hydrogen-bond donors (Lipinski definition) is 1. The number of benzene rings is 3. The highest BCUT2D eigenvalue weighted by Crippen LogP contribution is 2.30. The summed E-state index contributed by atoms with van der Waals surface area (Å²) in [5.41, 5.74) is 8.96. The first-order valence-electron chi connectivity index (χ1n) is 12.6. The molecule has 0 aliphatic carbocycles. The molecule has 0 radical (unpaired) electrons.